The molecule has 7 heteroatoms. The number of guanidine groups is 1. The van der Waals surface area contributed by atoms with Gasteiger partial charge >= 0.3 is 0 Å². The van der Waals surface area contributed by atoms with E-state index in [9.17, 15) is 9.50 Å². The maximum absolute atomic E-state index is 14.9. The van der Waals surface area contributed by atoms with E-state index in [0.29, 0.717) is 16.3 Å². The Morgan fingerprint density at radius 1 is 1.21 bits per heavy atom. The highest BCUT2D eigenvalue weighted by atomic mass is 35.5. The summed E-state index contributed by atoms with van der Waals surface area (Å²) in [6, 6.07) is 10.3. The first kappa shape index (κ1) is 20.4. The average molecular weight is 405 g/mol. The number of anilines is 2. The van der Waals surface area contributed by atoms with Crippen LogP contribution in [0, 0.1) is 18.2 Å². The minimum Gasteiger partial charge on any atom is -0.373 e. The molecule has 4 N–H and O–H groups in total. The van der Waals surface area contributed by atoms with Crippen molar-refractivity contribution >= 4 is 28.9 Å². The number of rotatable bonds is 3. The quantitative estimate of drug-likeness (QED) is 0.711. The normalized spacial score (nSPS) is 24.1. The number of aliphatic imine (C=N–C) groups is 1. The zero-order valence-corrected chi connectivity index (χ0v) is 17.5. The molecule has 1 unspecified atom stereocenters. The second-order valence-electron chi connectivity index (χ2n) is 8.03. The van der Waals surface area contributed by atoms with Gasteiger partial charge in [-0.1, -0.05) is 31.5 Å². The first-order chi connectivity index (χ1) is 13.0. The predicted molar refractivity (Wildman–Crippen MR) is 112 cm³/mol. The Kier molecular flexibility index (Phi) is 5.06. The average Bonchev–Trinajstić information content (AvgIpc) is 2.63. The minimum absolute atomic E-state index is 0.165. The Balaban J connectivity index is 2.10. The van der Waals surface area contributed by atoms with E-state index in [2.05, 4.69) is 10.3 Å². The van der Waals surface area contributed by atoms with Crippen molar-refractivity contribution in [2.45, 2.75) is 39.5 Å². The zero-order valence-electron chi connectivity index (χ0n) is 16.7. The van der Waals surface area contributed by atoms with Crippen molar-refractivity contribution < 1.29 is 9.50 Å². The molecule has 1 aliphatic heterocycles. The van der Waals surface area contributed by atoms with Crippen molar-refractivity contribution in [2.75, 3.05) is 12.4 Å². The van der Waals surface area contributed by atoms with Crippen LogP contribution in [0.2, 0.25) is 5.02 Å². The number of aliphatic hydroxyl groups excluding tert-OH is 1. The summed E-state index contributed by atoms with van der Waals surface area (Å²) < 4.78 is 14.9. The number of aliphatic hydroxyl groups is 1. The molecule has 5 nitrogen and oxygen atoms in total. The summed E-state index contributed by atoms with van der Waals surface area (Å²) in [7, 11) is 1.67. The molecular weight excluding hydrogens is 379 g/mol. The van der Waals surface area contributed by atoms with Crippen LogP contribution < -0.4 is 11.1 Å². The van der Waals surface area contributed by atoms with E-state index in [4.69, 9.17) is 17.3 Å². The third-order valence-corrected chi connectivity index (χ3v) is 6.17. The highest BCUT2D eigenvalue weighted by molar-refractivity contribution is 6.30. The van der Waals surface area contributed by atoms with E-state index in [1.54, 1.807) is 26.1 Å². The number of hydrogen-bond acceptors (Lipinski definition) is 5. The summed E-state index contributed by atoms with van der Waals surface area (Å²) in [6.07, 6.45) is -0.916. The van der Waals surface area contributed by atoms with Crippen LogP contribution in [0.25, 0.3) is 0 Å². The molecule has 0 aliphatic carbocycles. The highest BCUT2D eigenvalue weighted by Crippen LogP contribution is 2.49. The first-order valence-electron chi connectivity index (χ1n) is 9.07. The molecular formula is C21H26ClFN4O. The van der Waals surface area contributed by atoms with Gasteiger partial charge in [-0.05, 0) is 49.7 Å². The molecule has 0 bridgehead atoms. The number of nitrogens with zero attached hydrogens (tertiary/aromatic N) is 2. The van der Waals surface area contributed by atoms with Gasteiger partial charge < -0.3 is 21.1 Å². The SMILES string of the molecule is Cc1ccc(Cl)cc1Nc1ccc(F)c(C2(C)N=C(N)N(C)[C@@H](O)C2(C)C)c1. The van der Waals surface area contributed by atoms with Gasteiger partial charge in [0.25, 0.3) is 0 Å². The maximum atomic E-state index is 14.9. The van der Waals surface area contributed by atoms with E-state index in [-0.39, 0.29) is 5.96 Å². The van der Waals surface area contributed by atoms with Crippen molar-refractivity contribution in [1.29, 1.82) is 0 Å². The lowest BCUT2D eigenvalue weighted by Crippen LogP contribution is -2.61. The van der Waals surface area contributed by atoms with Gasteiger partial charge in [0.15, 0.2) is 5.96 Å². The van der Waals surface area contributed by atoms with Crippen LogP contribution >= 0.6 is 11.6 Å². The van der Waals surface area contributed by atoms with Gasteiger partial charge in [-0.25, -0.2) is 9.38 Å². The van der Waals surface area contributed by atoms with Crippen LogP contribution in [0.4, 0.5) is 15.8 Å². The van der Waals surface area contributed by atoms with Gasteiger partial charge in [-0.3, -0.25) is 0 Å². The molecule has 0 spiro atoms. The van der Waals surface area contributed by atoms with Crippen molar-refractivity contribution in [3.63, 3.8) is 0 Å². The Hall–Kier alpha value is -2.31. The molecule has 28 heavy (non-hydrogen) atoms. The maximum Gasteiger partial charge on any atom is 0.193 e. The Labute approximate surface area is 170 Å². The number of nitrogens with one attached hydrogen (secondary N) is 1. The lowest BCUT2D eigenvalue weighted by atomic mass is 9.67. The monoisotopic (exact) mass is 404 g/mol. The van der Waals surface area contributed by atoms with E-state index in [0.717, 1.165) is 11.3 Å². The summed E-state index contributed by atoms with van der Waals surface area (Å²) in [5, 5.41) is 14.6. The lowest BCUT2D eigenvalue weighted by Gasteiger charge is -2.51. The third kappa shape index (κ3) is 3.20. The van der Waals surface area contributed by atoms with E-state index < -0.39 is 23.0 Å². The summed E-state index contributed by atoms with van der Waals surface area (Å²) in [5.74, 6) is -0.241. The number of hydrogen-bond donors (Lipinski definition) is 3. The Bertz CT molecular complexity index is 946. The predicted octanol–water partition coefficient (Wildman–Crippen LogP) is 4.35. The molecule has 3 rings (SSSR count). The van der Waals surface area contributed by atoms with Gasteiger partial charge in [0.2, 0.25) is 0 Å². The molecule has 150 valence electrons. The fraction of sp³-hybridized carbons (Fsp3) is 0.381. The fourth-order valence-corrected chi connectivity index (χ4v) is 3.75. The smallest absolute Gasteiger partial charge is 0.193 e. The van der Waals surface area contributed by atoms with Gasteiger partial charge in [0.1, 0.15) is 12.0 Å². The van der Waals surface area contributed by atoms with Gasteiger partial charge in [0.05, 0.1) is 5.54 Å². The zero-order chi connectivity index (χ0) is 20.9. The van der Waals surface area contributed by atoms with Gasteiger partial charge in [0, 0.05) is 34.4 Å². The largest absolute Gasteiger partial charge is 0.373 e. The summed E-state index contributed by atoms with van der Waals surface area (Å²) in [4.78, 5) is 6.08. The first-order valence-corrected chi connectivity index (χ1v) is 9.44. The molecule has 0 saturated carbocycles. The minimum atomic E-state index is -1.06. The van der Waals surface area contributed by atoms with Crippen LogP contribution in [0.1, 0.15) is 31.9 Å². The molecule has 2 aromatic rings. The third-order valence-electron chi connectivity index (χ3n) is 5.94. The van der Waals surface area contributed by atoms with E-state index >= 15 is 0 Å². The van der Waals surface area contributed by atoms with Crippen molar-refractivity contribution in [1.82, 2.24) is 4.90 Å². The highest BCUT2D eigenvalue weighted by Gasteiger charge is 2.53. The molecule has 0 fully saturated rings. The second kappa shape index (κ2) is 6.94. The number of benzene rings is 2. The molecule has 0 aromatic heterocycles. The molecule has 1 heterocycles. The standard InChI is InChI=1S/C21H26ClFN4O/c1-12-6-7-13(22)10-17(12)25-14-8-9-16(23)15(11-14)21(4)20(2,3)18(28)27(5)19(24)26-21/h6-11,18,25,28H,1-5H3,(H2,24,26)/t18-,21?/m0/s1. The van der Waals surface area contributed by atoms with E-state index in [1.165, 1.54) is 11.0 Å². The molecule has 1 aliphatic rings. The molecule has 2 aromatic carbocycles. The molecule has 2 atom stereocenters. The molecule has 0 radical (unpaired) electrons. The van der Waals surface area contributed by atoms with Crippen molar-refractivity contribution in [3.8, 4) is 0 Å². The van der Waals surface area contributed by atoms with Crippen LogP contribution in [-0.4, -0.2) is 29.2 Å². The van der Waals surface area contributed by atoms with Crippen molar-refractivity contribution in [2.24, 2.45) is 16.1 Å². The van der Waals surface area contributed by atoms with E-state index in [1.807, 2.05) is 39.0 Å². The Morgan fingerprint density at radius 3 is 2.57 bits per heavy atom. The van der Waals surface area contributed by atoms with Crippen LogP contribution in [0.15, 0.2) is 41.4 Å². The molecule has 0 amide bonds. The second-order valence-corrected chi connectivity index (χ2v) is 8.46. The van der Waals surface area contributed by atoms with Crippen LogP contribution in [0.3, 0.4) is 0 Å². The Morgan fingerprint density at radius 2 is 1.89 bits per heavy atom. The van der Waals surface area contributed by atoms with Crippen molar-refractivity contribution in [3.05, 3.63) is 58.4 Å². The lowest BCUT2D eigenvalue weighted by molar-refractivity contribution is -0.0836. The number of nitrogens with two attached hydrogens (primary N) is 1. The van der Waals surface area contributed by atoms with Crippen LogP contribution in [-0.2, 0) is 5.54 Å². The summed E-state index contributed by atoms with van der Waals surface area (Å²) in [6.45, 7) is 7.46. The van der Waals surface area contributed by atoms with Crippen LogP contribution in [0.5, 0.6) is 0 Å². The fourth-order valence-electron chi connectivity index (χ4n) is 3.58. The number of aryl methyl sites for hydroxylation is 1. The summed E-state index contributed by atoms with van der Waals surface area (Å²) in [5.41, 5.74) is 7.06. The van der Waals surface area contributed by atoms with Gasteiger partial charge in [-0.15, -0.1) is 0 Å². The summed E-state index contributed by atoms with van der Waals surface area (Å²) >= 11 is 6.10. The van der Waals surface area contributed by atoms with Gasteiger partial charge in [-0.2, -0.15) is 0 Å². The number of halogens is 2. The topological polar surface area (TPSA) is 73.9 Å². The molecule has 0 saturated heterocycles.